The predicted octanol–water partition coefficient (Wildman–Crippen LogP) is 5.21. The van der Waals surface area contributed by atoms with Gasteiger partial charge < -0.3 is 9.47 Å². The zero-order chi connectivity index (χ0) is 21.1. The number of aromatic nitrogens is 2. The molecule has 0 saturated carbocycles. The zero-order valence-electron chi connectivity index (χ0n) is 16.3. The Hall–Kier alpha value is -3.16. The number of carbonyl (C=O) groups excluding carboxylic acids is 1. The van der Waals surface area contributed by atoms with E-state index in [0.29, 0.717) is 39.3 Å². The molecule has 8 heteroatoms. The predicted molar refractivity (Wildman–Crippen MR) is 119 cm³/mol. The maximum atomic E-state index is 13.6. The van der Waals surface area contributed by atoms with Crippen molar-refractivity contribution in [1.82, 2.24) is 9.97 Å². The fraction of sp³-hybridized carbons (Fsp3) is 0.136. The van der Waals surface area contributed by atoms with Gasteiger partial charge >= 0.3 is 0 Å². The van der Waals surface area contributed by atoms with E-state index in [-0.39, 0.29) is 5.91 Å². The summed E-state index contributed by atoms with van der Waals surface area (Å²) in [5.41, 5.74) is 1.98. The van der Waals surface area contributed by atoms with Crippen LogP contribution in [0, 0.1) is 0 Å². The Balaban J connectivity index is 1.80. The van der Waals surface area contributed by atoms with E-state index in [1.165, 1.54) is 11.3 Å². The second-order valence-corrected chi connectivity index (χ2v) is 7.85. The quantitative estimate of drug-likeness (QED) is 0.412. The number of rotatable bonds is 6. The number of thiazole rings is 1. The number of ether oxygens (including phenoxy) is 2. The molecule has 2 aromatic heterocycles. The molecule has 4 rings (SSSR count). The lowest BCUT2D eigenvalue weighted by molar-refractivity contribution is 0.0984. The molecule has 30 heavy (non-hydrogen) atoms. The van der Waals surface area contributed by atoms with Gasteiger partial charge in [0.15, 0.2) is 5.13 Å². The SMILES string of the molecule is COc1cc(OC)cc(C(=O)N(Cc2cccnc2)c2nc3c(Cl)cccc3s2)c1. The molecule has 0 aliphatic heterocycles. The summed E-state index contributed by atoms with van der Waals surface area (Å²) in [4.78, 5) is 24.0. The molecule has 0 unspecified atom stereocenters. The Kier molecular flexibility index (Phi) is 5.83. The summed E-state index contributed by atoms with van der Waals surface area (Å²) >= 11 is 7.72. The van der Waals surface area contributed by atoms with E-state index in [1.807, 2.05) is 24.3 Å². The lowest BCUT2D eigenvalue weighted by Crippen LogP contribution is -2.30. The van der Waals surface area contributed by atoms with Crippen LogP contribution in [0.25, 0.3) is 10.2 Å². The van der Waals surface area contributed by atoms with Gasteiger partial charge in [-0.05, 0) is 35.9 Å². The molecule has 0 bridgehead atoms. The first-order valence-electron chi connectivity index (χ1n) is 9.08. The van der Waals surface area contributed by atoms with Crippen LogP contribution >= 0.6 is 22.9 Å². The van der Waals surface area contributed by atoms with Gasteiger partial charge in [0.2, 0.25) is 0 Å². The molecule has 0 atom stereocenters. The van der Waals surface area contributed by atoms with Crippen molar-refractivity contribution in [3.63, 3.8) is 0 Å². The van der Waals surface area contributed by atoms with Gasteiger partial charge in [-0.3, -0.25) is 14.7 Å². The molecule has 6 nitrogen and oxygen atoms in total. The normalized spacial score (nSPS) is 10.8. The molecule has 0 N–H and O–H groups in total. The molecule has 2 aromatic carbocycles. The molecule has 0 aliphatic carbocycles. The molecule has 152 valence electrons. The van der Waals surface area contributed by atoms with Crippen LogP contribution in [0.5, 0.6) is 11.5 Å². The number of hydrogen-bond acceptors (Lipinski definition) is 6. The molecule has 0 saturated heterocycles. The van der Waals surface area contributed by atoms with Gasteiger partial charge in [0.05, 0.1) is 30.5 Å². The van der Waals surface area contributed by atoms with Crippen LogP contribution in [-0.4, -0.2) is 30.1 Å². The molecule has 0 spiro atoms. The van der Waals surface area contributed by atoms with Crippen LogP contribution in [0.15, 0.2) is 60.9 Å². The fourth-order valence-corrected chi connectivity index (χ4v) is 4.27. The van der Waals surface area contributed by atoms with E-state index in [1.54, 1.807) is 55.8 Å². The van der Waals surface area contributed by atoms with Crippen molar-refractivity contribution in [2.45, 2.75) is 6.54 Å². The first kappa shape index (κ1) is 20.1. The molecular formula is C22H18ClN3O3S. The number of carbonyl (C=O) groups is 1. The standard InChI is InChI=1S/C22H18ClN3O3S/c1-28-16-9-15(10-17(11-16)29-2)21(27)26(13-14-5-4-8-24-12-14)22-25-20-18(23)6-3-7-19(20)30-22/h3-12H,13H2,1-2H3. The fourth-order valence-electron chi connectivity index (χ4n) is 3.01. The number of hydrogen-bond donors (Lipinski definition) is 0. The third kappa shape index (κ3) is 4.08. The van der Waals surface area contributed by atoms with Crippen LogP contribution in [0.2, 0.25) is 5.02 Å². The highest BCUT2D eigenvalue weighted by atomic mass is 35.5. The Morgan fingerprint density at radius 1 is 1.10 bits per heavy atom. The number of anilines is 1. The van der Waals surface area contributed by atoms with Crippen LogP contribution in [-0.2, 0) is 6.54 Å². The number of amides is 1. The minimum Gasteiger partial charge on any atom is -0.497 e. The van der Waals surface area contributed by atoms with Crippen LogP contribution in [0.3, 0.4) is 0 Å². The van der Waals surface area contributed by atoms with Crippen LogP contribution in [0.4, 0.5) is 5.13 Å². The summed E-state index contributed by atoms with van der Waals surface area (Å²) in [5.74, 6) is 0.837. The van der Waals surface area contributed by atoms with E-state index in [2.05, 4.69) is 9.97 Å². The minimum absolute atomic E-state index is 0.230. The van der Waals surface area contributed by atoms with Crippen molar-refractivity contribution in [2.75, 3.05) is 19.1 Å². The zero-order valence-corrected chi connectivity index (χ0v) is 17.9. The van der Waals surface area contributed by atoms with Gasteiger partial charge in [-0.25, -0.2) is 4.98 Å². The highest BCUT2D eigenvalue weighted by Crippen LogP contribution is 2.34. The average Bonchev–Trinajstić information content (AvgIpc) is 3.22. The second kappa shape index (κ2) is 8.69. The van der Waals surface area contributed by atoms with Gasteiger partial charge in [-0.1, -0.05) is 35.1 Å². The van der Waals surface area contributed by atoms with Crippen molar-refractivity contribution in [3.8, 4) is 11.5 Å². The largest absolute Gasteiger partial charge is 0.497 e. The summed E-state index contributed by atoms with van der Waals surface area (Å²) in [6, 6.07) is 14.4. The number of nitrogens with zero attached hydrogens (tertiary/aromatic N) is 3. The summed E-state index contributed by atoms with van der Waals surface area (Å²) in [6.45, 7) is 0.309. The van der Waals surface area contributed by atoms with Crippen LogP contribution in [0.1, 0.15) is 15.9 Å². The average molecular weight is 440 g/mol. The van der Waals surface area contributed by atoms with Gasteiger partial charge in [-0.2, -0.15) is 0 Å². The van der Waals surface area contributed by atoms with Crippen molar-refractivity contribution in [1.29, 1.82) is 0 Å². The number of benzene rings is 2. The molecule has 4 aromatic rings. The van der Waals surface area contributed by atoms with Gasteiger partial charge in [0.1, 0.15) is 17.0 Å². The molecule has 2 heterocycles. The number of fused-ring (bicyclic) bond motifs is 1. The van der Waals surface area contributed by atoms with E-state index in [0.717, 1.165) is 10.3 Å². The maximum Gasteiger partial charge on any atom is 0.260 e. The second-order valence-electron chi connectivity index (χ2n) is 6.44. The van der Waals surface area contributed by atoms with Crippen molar-refractivity contribution >= 4 is 44.2 Å². The molecule has 0 aliphatic rings. The number of methoxy groups -OCH3 is 2. The summed E-state index contributed by atoms with van der Waals surface area (Å²) in [6.07, 6.45) is 3.42. The Morgan fingerprint density at radius 3 is 2.50 bits per heavy atom. The number of halogens is 1. The first-order chi connectivity index (χ1) is 14.6. The van der Waals surface area contributed by atoms with Gasteiger partial charge in [0.25, 0.3) is 5.91 Å². The third-order valence-electron chi connectivity index (χ3n) is 4.50. The Bertz CT molecular complexity index is 1170. The lowest BCUT2D eigenvalue weighted by Gasteiger charge is -2.20. The highest BCUT2D eigenvalue weighted by Gasteiger charge is 2.23. The summed E-state index contributed by atoms with van der Waals surface area (Å²) in [5, 5.41) is 1.10. The molecule has 1 amide bonds. The third-order valence-corrected chi connectivity index (χ3v) is 5.84. The van der Waals surface area contributed by atoms with Gasteiger partial charge in [-0.15, -0.1) is 0 Å². The molecule has 0 radical (unpaired) electrons. The molecule has 0 fully saturated rings. The first-order valence-corrected chi connectivity index (χ1v) is 10.3. The molecular weight excluding hydrogens is 422 g/mol. The van der Waals surface area contributed by atoms with Crippen molar-refractivity contribution in [3.05, 3.63) is 77.1 Å². The monoisotopic (exact) mass is 439 g/mol. The topological polar surface area (TPSA) is 64.6 Å². The van der Waals surface area contributed by atoms with Crippen molar-refractivity contribution < 1.29 is 14.3 Å². The lowest BCUT2D eigenvalue weighted by atomic mass is 10.1. The van der Waals surface area contributed by atoms with E-state index < -0.39 is 0 Å². The highest BCUT2D eigenvalue weighted by molar-refractivity contribution is 7.22. The van der Waals surface area contributed by atoms with Gasteiger partial charge in [0, 0.05) is 24.0 Å². The van der Waals surface area contributed by atoms with E-state index in [9.17, 15) is 4.79 Å². The minimum atomic E-state index is -0.230. The summed E-state index contributed by atoms with van der Waals surface area (Å²) < 4.78 is 11.6. The number of pyridine rings is 1. The van der Waals surface area contributed by atoms with Crippen LogP contribution < -0.4 is 14.4 Å². The van der Waals surface area contributed by atoms with Crippen molar-refractivity contribution in [2.24, 2.45) is 0 Å². The maximum absolute atomic E-state index is 13.6. The van der Waals surface area contributed by atoms with E-state index >= 15 is 0 Å². The smallest absolute Gasteiger partial charge is 0.260 e. The number of para-hydroxylation sites is 1. The Morgan fingerprint density at radius 2 is 1.87 bits per heavy atom. The Labute approximate surface area is 182 Å². The summed E-state index contributed by atoms with van der Waals surface area (Å²) in [7, 11) is 3.10. The van der Waals surface area contributed by atoms with E-state index in [4.69, 9.17) is 21.1 Å².